The van der Waals surface area contributed by atoms with Crippen molar-refractivity contribution in [2.45, 2.75) is 51.2 Å². The van der Waals surface area contributed by atoms with E-state index in [-0.39, 0.29) is 5.78 Å². The van der Waals surface area contributed by atoms with E-state index in [4.69, 9.17) is 0 Å². The van der Waals surface area contributed by atoms with Crippen LogP contribution in [-0.4, -0.2) is 26.3 Å². The summed E-state index contributed by atoms with van der Waals surface area (Å²) in [5.74, 6) is 1.64. The molecule has 0 saturated heterocycles. The van der Waals surface area contributed by atoms with E-state index in [1.807, 2.05) is 25.1 Å². The summed E-state index contributed by atoms with van der Waals surface area (Å²) in [5.41, 5.74) is 3.16. The Kier molecular flexibility index (Phi) is 4.62. The van der Waals surface area contributed by atoms with Gasteiger partial charge in [0.15, 0.2) is 10.9 Å². The average molecular weight is 315 g/mol. The third-order valence-corrected chi connectivity index (χ3v) is 5.20. The van der Waals surface area contributed by atoms with Crippen LogP contribution in [0.3, 0.4) is 0 Å². The van der Waals surface area contributed by atoms with E-state index in [0.717, 1.165) is 35.1 Å². The number of hydrogen-bond acceptors (Lipinski definition) is 4. The summed E-state index contributed by atoms with van der Waals surface area (Å²) in [6.45, 7) is 5.07. The largest absolute Gasteiger partial charge is 0.306 e. The van der Waals surface area contributed by atoms with E-state index in [1.54, 1.807) is 0 Å². The van der Waals surface area contributed by atoms with Crippen LogP contribution in [0.4, 0.5) is 0 Å². The molecule has 2 aromatic rings. The molecule has 0 N–H and O–H groups in total. The number of rotatable bonds is 4. The number of aryl methyl sites for hydroxylation is 3. The van der Waals surface area contributed by atoms with E-state index < -0.39 is 0 Å². The van der Waals surface area contributed by atoms with Gasteiger partial charge in [0.25, 0.3) is 0 Å². The Bertz CT molecular complexity index is 693. The Balaban J connectivity index is 1.68. The van der Waals surface area contributed by atoms with Crippen LogP contribution in [0.5, 0.6) is 0 Å². The molecule has 0 amide bonds. The lowest BCUT2D eigenvalue weighted by molar-refractivity contribution is 0.102. The normalized spacial score (nSPS) is 14.5. The predicted octanol–water partition coefficient (Wildman–Crippen LogP) is 3.60. The fraction of sp³-hybridized carbons (Fsp3) is 0.471. The number of nitrogens with zero attached hydrogens (tertiary/aromatic N) is 3. The van der Waals surface area contributed by atoms with E-state index in [9.17, 15) is 4.79 Å². The molecule has 0 atom stereocenters. The molecule has 2 heterocycles. The van der Waals surface area contributed by atoms with Gasteiger partial charge in [-0.3, -0.25) is 4.79 Å². The van der Waals surface area contributed by atoms with Crippen LogP contribution in [0.1, 0.15) is 46.6 Å². The Morgan fingerprint density at radius 1 is 1.18 bits per heavy atom. The van der Waals surface area contributed by atoms with Crippen molar-refractivity contribution in [3.05, 3.63) is 40.7 Å². The van der Waals surface area contributed by atoms with Gasteiger partial charge >= 0.3 is 0 Å². The molecular weight excluding hydrogens is 294 g/mol. The van der Waals surface area contributed by atoms with Gasteiger partial charge in [-0.25, -0.2) is 0 Å². The first-order chi connectivity index (χ1) is 10.6. The highest BCUT2D eigenvalue weighted by Gasteiger charge is 2.16. The fourth-order valence-corrected chi connectivity index (χ4v) is 3.57. The smallest absolute Gasteiger partial charge is 0.191 e. The van der Waals surface area contributed by atoms with Gasteiger partial charge in [0.05, 0.1) is 5.75 Å². The maximum Gasteiger partial charge on any atom is 0.191 e. The molecule has 116 valence electrons. The molecule has 1 aliphatic rings. The molecule has 3 rings (SSSR count). The molecule has 0 radical (unpaired) electrons. The number of hydrogen-bond donors (Lipinski definition) is 0. The zero-order chi connectivity index (χ0) is 15.5. The van der Waals surface area contributed by atoms with E-state index in [2.05, 4.69) is 21.7 Å². The predicted molar refractivity (Wildman–Crippen MR) is 88.5 cm³/mol. The highest BCUT2D eigenvalue weighted by atomic mass is 32.2. The first kappa shape index (κ1) is 15.3. The average Bonchev–Trinajstić information content (AvgIpc) is 2.74. The van der Waals surface area contributed by atoms with Gasteiger partial charge in [-0.05, 0) is 43.9 Å². The quantitative estimate of drug-likeness (QED) is 0.639. The number of carbonyl (C=O) groups excluding carboxylic acids is 1. The van der Waals surface area contributed by atoms with E-state index in [0.29, 0.717) is 5.75 Å². The molecule has 1 aromatic carbocycles. The highest BCUT2D eigenvalue weighted by molar-refractivity contribution is 7.99. The maximum atomic E-state index is 12.4. The summed E-state index contributed by atoms with van der Waals surface area (Å²) < 4.78 is 2.19. The molecule has 4 nitrogen and oxygen atoms in total. The molecule has 0 aliphatic carbocycles. The molecule has 1 aromatic heterocycles. The summed E-state index contributed by atoms with van der Waals surface area (Å²) in [4.78, 5) is 12.4. The van der Waals surface area contributed by atoms with Gasteiger partial charge in [-0.15, -0.1) is 10.2 Å². The van der Waals surface area contributed by atoms with Crippen LogP contribution in [0, 0.1) is 13.8 Å². The van der Waals surface area contributed by atoms with Crippen LogP contribution >= 0.6 is 11.8 Å². The minimum atomic E-state index is 0.152. The number of fused-ring (bicyclic) bond motifs is 1. The molecule has 1 aliphatic heterocycles. The van der Waals surface area contributed by atoms with Gasteiger partial charge < -0.3 is 4.57 Å². The fourth-order valence-electron chi connectivity index (χ4n) is 2.69. The van der Waals surface area contributed by atoms with Crippen molar-refractivity contribution >= 4 is 17.5 Å². The van der Waals surface area contributed by atoms with Gasteiger partial charge in [-0.1, -0.05) is 30.3 Å². The van der Waals surface area contributed by atoms with Crippen LogP contribution in [0.25, 0.3) is 0 Å². The third kappa shape index (κ3) is 3.24. The summed E-state index contributed by atoms with van der Waals surface area (Å²) in [5, 5.41) is 9.42. The van der Waals surface area contributed by atoms with E-state index in [1.165, 1.54) is 36.6 Å². The first-order valence-electron chi connectivity index (χ1n) is 7.80. The van der Waals surface area contributed by atoms with Crippen LogP contribution in [0.15, 0.2) is 23.4 Å². The standard InChI is InChI=1S/C17H21N3OS/c1-12-7-8-14(10-13(12)2)15(21)11-22-17-19-18-16-6-4-3-5-9-20(16)17/h7-8,10H,3-6,9,11H2,1-2H3. The summed E-state index contributed by atoms with van der Waals surface area (Å²) >= 11 is 1.50. The number of ketones is 1. The number of aromatic nitrogens is 3. The van der Waals surface area contributed by atoms with Crippen molar-refractivity contribution in [3.63, 3.8) is 0 Å². The number of thioether (sulfide) groups is 1. The SMILES string of the molecule is Cc1ccc(C(=O)CSc2nnc3n2CCCCC3)cc1C. The van der Waals surface area contributed by atoms with Gasteiger partial charge in [-0.2, -0.15) is 0 Å². The first-order valence-corrected chi connectivity index (χ1v) is 8.79. The second-order valence-electron chi connectivity index (χ2n) is 5.87. The number of carbonyl (C=O) groups is 1. The lowest BCUT2D eigenvalue weighted by Gasteiger charge is -2.07. The van der Waals surface area contributed by atoms with Crippen LogP contribution in [0.2, 0.25) is 0 Å². The monoisotopic (exact) mass is 315 g/mol. The molecule has 22 heavy (non-hydrogen) atoms. The van der Waals surface area contributed by atoms with Crippen LogP contribution < -0.4 is 0 Å². The summed E-state index contributed by atoms with van der Waals surface area (Å²) in [7, 11) is 0. The van der Waals surface area contributed by atoms with Gasteiger partial charge in [0, 0.05) is 18.5 Å². The molecular formula is C17H21N3OS. The highest BCUT2D eigenvalue weighted by Crippen LogP contribution is 2.23. The molecule has 0 spiro atoms. The van der Waals surface area contributed by atoms with Crippen molar-refractivity contribution in [2.75, 3.05) is 5.75 Å². The molecule has 5 heteroatoms. The van der Waals surface area contributed by atoms with Crippen molar-refractivity contribution in [2.24, 2.45) is 0 Å². The summed E-state index contributed by atoms with van der Waals surface area (Å²) in [6, 6.07) is 5.90. The maximum absolute atomic E-state index is 12.4. The lowest BCUT2D eigenvalue weighted by Crippen LogP contribution is -2.06. The minimum Gasteiger partial charge on any atom is -0.306 e. The van der Waals surface area contributed by atoms with Crippen molar-refractivity contribution in [3.8, 4) is 0 Å². The topological polar surface area (TPSA) is 47.8 Å². The van der Waals surface area contributed by atoms with E-state index >= 15 is 0 Å². The zero-order valence-corrected chi connectivity index (χ0v) is 13.9. The Morgan fingerprint density at radius 3 is 2.86 bits per heavy atom. The van der Waals surface area contributed by atoms with Crippen molar-refractivity contribution in [1.82, 2.24) is 14.8 Å². The van der Waals surface area contributed by atoms with Crippen molar-refractivity contribution < 1.29 is 4.79 Å². The Morgan fingerprint density at radius 2 is 2.05 bits per heavy atom. The zero-order valence-electron chi connectivity index (χ0n) is 13.1. The molecule has 0 saturated carbocycles. The minimum absolute atomic E-state index is 0.152. The van der Waals surface area contributed by atoms with Gasteiger partial charge in [0.1, 0.15) is 5.82 Å². The second kappa shape index (κ2) is 6.65. The number of Topliss-reactive ketones (excluding diaryl/α,β-unsaturated/α-hetero) is 1. The molecule has 0 fully saturated rings. The van der Waals surface area contributed by atoms with Crippen LogP contribution in [-0.2, 0) is 13.0 Å². The molecule has 0 unspecified atom stereocenters. The van der Waals surface area contributed by atoms with Crippen molar-refractivity contribution in [1.29, 1.82) is 0 Å². The third-order valence-electron chi connectivity index (χ3n) is 4.24. The van der Waals surface area contributed by atoms with Gasteiger partial charge in [0.2, 0.25) is 0 Å². The summed E-state index contributed by atoms with van der Waals surface area (Å²) in [6.07, 6.45) is 4.60. The number of benzene rings is 1. The lowest BCUT2D eigenvalue weighted by atomic mass is 10.0. The molecule has 0 bridgehead atoms. The second-order valence-corrected chi connectivity index (χ2v) is 6.81. The Labute approximate surface area is 135 Å². The Hall–Kier alpha value is -1.62.